The van der Waals surface area contributed by atoms with Crippen LogP contribution < -0.4 is 10.6 Å². The fourth-order valence-corrected chi connectivity index (χ4v) is 2.74. The number of hydrogen-bond donors (Lipinski definition) is 2. The van der Waals surface area contributed by atoms with Crippen LogP contribution in [0.25, 0.3) is 0 Å². The van der Waals surface area contributed by atoms with E-state index in [9.17, 15) is 14.4 Å². The van der Waals surface area contributed by atoms with Crippen molar-refractivity contribution >= 4 is 17.6 Å². The number of nitrogens with one attached hydrogen (secondary N) is 2. The van der Waals surface area contributed by atoms with Gasteiger partial charge in [0.1, 0.15) is 5.78 Å². The van der Waals surface area contributed by atoms with Gasteiger partial charge >= 0.3 is 0 Å². The predicted octanol–water partition coefficient (Wildman–Crippen LogP) is 1.94. The molecule has 154 valence electrons. The molecule has 0 unspecified atom stereocenters. The van der Waals surface area contributed by atoms with Gasteiger partial charge in [-0.3, -0.25) is 14.4 Å². The fourth-order valence-electron chi connectivity index (χ4n) is 2.74. The minimum absolute atomic E-state index is 0. The number of ketones is 1. The van der Waals surface area contributed by atoms with E-state index in [1.165, 1.54) is 0 Å². The summed E-state index contributed by atoms with van der Waals surface area (Å²) < 4.78 is 10.7. The lowest BCUT2D eigenvalue weighted by atomic mass is 9.75. The molecule has 7 heteroatoms. The van der Waals surface area contributed by atoms with Crippen LogP contribution in [-0.4, -0.2) is 56.1 Å². The molecule has 0 spiro atoms. The second kappa shape index (κ2) is 12.0. The third-order valence-corrected chi connectivity index (χ3v) is 4.30. The van der Waals surface area contributed by atoms with Crippen LogP contribution in [0, 0.1) is 11.8 Å². The summed E-state index contributed by atoms with van der Waals surface area (Å²) in [6.07, 6.45) is 2.24. The van der Waals surface area contributed by atoms with Gasteiger partial charge in [0, 0.05) is 40.1 Å². The third kappa shape index (κ3) is 9.29. The van der Waals surface area contributed by atoms with Crippen LogP contribution >= 0.6 is 0 Å². The molecule has 1 rings (SSSR count). The summed E-state index contributed by atoms with van der Waals surface area (Å²) in [7, 11) is 0. The van der Waals surface area contributed by atoms with Gasteiger partial charge in [-0.25, -0.2) is 0 Å². The Labute approximate surface area is 159 Å². The highest BCUT2D eigenvalue weighted by Gasteiger charge is 2.35. The van der Waals surface area contributed by atoms with Crippen molar-refractivity contribution in [3.8, 4) is 0 Å². The average Bonchev–Trinajstić information content (AvgIpc) is 2.52. The molecule has 26 heavy (non-hydrogen) atoms. The van der Waals surface area contributed by atoms with Gasteiger partial charge in [-0.15, -0.1) is 0 Å². The molecule has 0 atom stereocenters. The summed E-state index contributed by atoms with van der Waals surface area (Å²) in [4.78, 5) is 35.1. The molecule has 0 saturated heterocycles. The Morgan fingerprint density at radius 3 is 2.27 bits per heavy atom. The van der Waals surface area contributed by atoms with Crippen LogP contribution in [-0.2, 0) is 23.9 Å². The van der Waals surface area contributed by atoms with Crippen LogP contribution in [0.2, 0.25) is 0 Å². The highest BCUT2D eigenvalue weighted by Crippen LogP contribution is 2.30. The summed E-state index contributed by atoms with van der Waals surface area (Å²) in [5, 5.41) is 5.67. The van der Waals surface area contributed by atoms with Crippen LogP contribution in [0.3, 0.4) is 0 Å². The molecule has 1 fully saturated rings. The van der Waals surface area contributed by atoms with Crippen molar-refractivity contribution in [2.24, 2.45) is 11.8 Å². The highest BCUT2D eigenvalue weighted by atomic mass is 16.5. The lowest BCUT2D eigenvalue weighted by molar-refractivity contribution is -0.131. The zero-order valence-corrected chi connectivity index (χ0v) is 16.5. The SMILES string of the molecule is CC(C)OCCC(=O)NCCOCCC(=O)NC1CC(C(=O)C(C)C)C1.[HH].[HH]. The van der Waals surface area contributed by atoms with E-state index in [1.807, 2.05) is 27.7 Å². The van der Waals surface area contributed by atoms with Crippen molar-refractivity contribution < 1.29 is 26.7 Å². The molecule has 2 N–H and O–H groups in total. The van der Waals surface area contributed by atoms with E-state index in [-0.39, 0.29) is 50.9 Å². The predicted molar refractivity (Wildman–Crippen MR) is 103 cm³/mol. The van der Waals surface area contributed by atoms with Crippen molar-refractivity contribution in [1.82, 2.24) is 10.6 Å². The van der Waals surface area contributed by atoms with Crippen molar-refractivity contribution in [1.29, 1.82) is 0 Å². The summed E-state index contributed by atoms with van der Waals surface area (Å²) in [5.41, 5.74) is 0. The Bertz CT molecular complexity index is 469. The number of hydrogen-bond acceptors (Lipinski definition) is 5. The Hall–Kier alpha value is -1.47. The average molecular weight is 375 g/mol. The Balaban J connectivity index is 0. The molecule has 0 aromatic carbocycles. The van der Waals surface area contributed by atoms with Crippen molar-refractivity contribution in [2.75, 3.05) is 26.4 Å². The molecule has 0 bridgehead atoms. The van der Waals surface area contributed by atoms with E-state index in [2.05, 4.69) is 10.6 Å². The molecule has 0 aromatic rings. The van der Waals surface area contributed by atoms with E-state index < -0.39 is 0 Å². The normalized spacial score (nSPS) is 19.3. The van der Waals surface area contributed by atoms with Crippen molar-refractivity contribution in [3.05, 3.63) is 0 Å². The van der Waals surface area contributed by atoms with Crippen LogP contribution in [0.1, 0.15) is 56.2 Å². The number of rotatable bonds is 13. The number of Topliss-reactive ketones (excluding diaryl/α,β-unsaturated/α-hetero) is 1. The molecule has 0 heterocycles. The molecular weight excluding hydrogens is 336 g/mol. The van der Waals surface area contributed by atoms with E-state index in [0.29, 0.717) is 32.8 Å². The topological polar surface area (TPSA) is 93.7 Å². The van der Waals surface area contributed by atoms with Gasteiger partial charge in [0.05, 0.1) is 25.9 Å². The quantitative estimate of drug-likeness (QED) is 0.481. The van der Waals surface area contributed by atoms with Crippen LogP contribution in [0.4, 0.5) is 0 Å². The van der Waals surface area contributed by atoms with Gasteiger partial charge < -0.3 is 20.1 Å². The smallest absolute Gasteiger partial charge is 0.222 e. The first kappa shape index (κ1) is 22.6. The first-order valence-electron chi connectivity index (χ1n) is 9.58. The van der Waals surface area contributed by atoms with Gasteiger partial charge in [0.25, 0.3) is 0 Å². The zero-order valence-electron chi connectivity index (χ0n) is 16.5. The standard InChI is InChI=1S/C19H34N2O5.2H2/c1-13(2)19(24)15-11-16(12-15)21-18(23)5-8-25-10-7-20-17(22)6-9-26-14(3)4;;/h13-16H,5-12H2,1-4H3,(H,20,22)(H,21,23);2*1H. The monoisotopic (exact) mass is 374 g/mol. The lowest BCUT2D eigenvalue weighted by Gasteiger charge is -2.35. The minimum atomic E-state index is -0.0672. The van der Waals surface area contributed by atoms with Gasteiger partial charge in [-0.1, -0.05) is 13.8 Å². The van der Waals surface area contributed by atoms with Gasteiger partial charge in [0.2, 0.25) is 11.8 Å². The van der Waals surface area contributed by atoms with Crippen molar-refractivity contribution in [3.63, 3.8) is 0 Å². The van der Waals surface area contributed by atoms with Crippen LogP contribution in [0.5, 0.6) is 0 Å². The van der Waals surface area contributed by atoms with E-state index >= 15 is 0 Å². The number of amides is 2. The Kier molecular flexibility index (Phi) is 10.4. The Morgan fingerprint density at radius 2 is 1.65 bits per heavy atom. The summed E-state index contributed by atoms with van der Waals surface area (Å²) in [6.45, 7) is 9.20. The lowest BCUT2D eigenvalue weighted by Crippen LogP contribution is -2.47. The maximum absolute atomic E-state index is 11.8. The molecule has 7 nitrogen and oxygen atoms in total. The maximum atomic E-state index is 11.8. The molecular formula is C19H38N2O5. The molecule has 0 radical (unpaired) electrons. The number of carbonyl (C=O) groups is 3. The van der Waals surface area contributed by atoms with E-state index in [1.54, 1.807) is 0 Å². The molecule has 1 aliphatic rings. The maximum Gasteiger partial charge on any atom is 0.222 e. The fraction of sp³-hybridized carbons (Fsp3) is 0.842. The van der Waals surface area contributed by atoms with Crippen molar-refractivity contribution in [2.45, 2.75) is 65.5 Å². The summed E-state index contributed by atoms with van der Waals surface area (Å²) in [6, 6.07) is 0.113. The zero-order chi connectivity index (χ0) is 19.5. The van der Waals surface area contributed by atoms with E-state index in [4.69, 9.17) is 9.47 Å². The molecule has 0 aromatic heterocycles. The number of carbonyl (C=O) groups excluding carboxylic acids is 3. The minimum Gasteiger partial charge on any atom is -0.379 e. The van der Waals surface area contributed by atoms with Gasteiger partial charge in [0.15, 0.2) is 0 Å². The molecule has 0 aliphatic heterocycles. The number of ether oxygens (including phenoxy) is 2. The van der Waals surface area contributed by atoms with Crippen LogP contribution in [0.15, 0.2) is 0 Å². The summed E-state index contributed by atoms with van der Waals surface area (Å²) >= 11 is 0. The Morgan fingerprint density at radius 1 is 1.00 bits per heavy atom. The second-order valence-electron chi connectivity index (χ2n) is 7.37. The highest BCUT2D eigenvalue weighted by molar-refractivity contribution is 5.84. The first-order valence-corrected chi connectivity index (χ1v) is 9.58. The third-order valence-electron chi connectivity index (χ3n) is 4.30. The van der Waals surface area contributed by atoms with Gasteiger partial charge in [-0.05, 0) is 26.7 Å². The largest absolute Gasteiger partial charge is 0.379 e. The summed E-state index contributed by atoms with van der Waals surface area (Å²) in [5.74, 6) is 0.332. The second-order valence-corrected chi connectivity index (χ2v) is 7.37. The first-order chi connectivity index (χ1) is 12.3. The molecule has 1 saturated carbocycles. The van der Waals surface area contributed by atoms with Gasteiger partial charge in [-0.2, -0.15) is 0 Å². The molecule has 2 amide bonds. The van der Waals surface area contributed by atoms with E-state index in [0.717, 1.165) is 12.8 Å². The molecule has 1 aliphatic carbocycles.